The van der Waals surface area contributed by atoms with E-state index in [1.165, 1.54) is 59.4 Å². The Morgan fingerprint density at radius 2 is 1.37 bits per heavy atom. The number of anilines is 1. The largest absolute Gasteiger partial charge is 0.452 e. The molecule has 4 rings (SSSR count). The van der Waals surface area contributed by atoms with Crippen LogP contribution in [0.5, 0.6) is 0 Å². The molecular weight excluding hydrogens is 534 g/mol. The average molecular weight is 556 g/mol. The van der Waals surface area contributed by atoms with Crippen LogP contribution in [0.15, 0.2) is 94.9 Å². The molecule has 0 aliphatic carbocycles. The predicted octanol–water partition coefficient (Wildman–Crippen LogP) is 1.63. The molecule has 1 heterocycles. The number of carbonyl (C=O) groups excluding carboxylic acids is 2. The maximum atomic E-state index is 12.9. The van der Waals surface area contributed by atoms with E-state index in [9.17, 15) is 26.4 Å². The maximum absolute atomic E-state index is 12.9. The number of primary sulfonamides is 2. The van der Waals surface area contributed by atoms with Gasteiger partial charge >= 0.3 is 5.97 Å². The van der Waals surface area contributed by atoms with Crippen molar-refractivity contribution in [2.75, 3.05) is 11.9 Å². The molecule has 4 aromatic rings. The van der Waals surface area contributed by atoms with Gasteiger partial charge in [0.2, 0.25) is 20.0 Å². The molecule has 0 aliphatic heterocycles. The van der Waals surface area contributed by atoms with E-state index in [2.05, 4.69) is 10.4 Å². The first-order chi connectivity index (χ1) is 17.9. The fourth-order valence-electron chi connectivity index (χ4n) is 3.39. The SMILES string of the molecule is NS(=O)(=O)c1ccc(NC(=O)COC(=O)c2cn(-c3ccc(S(N)(=O)=O)cc3)nc2-c2ccccc2)cc1. The average Bonchev–Trinajstić information content (AvgIpc) is 3.33. The molecule has 0 saturated heterocycles. The van der Waals surface area contributed by atoms with E-state index in [0.717, 1.165) is 0 Å². The zero-order valence-corrected chi connectivity index (χ0v) is 21.1. The van der Waals surface area contributed by atoms with Crippen molar-refractivity contribution in [3.63, 3.8) is 0 Å². The zero-order valence-electron chi connectivity index (χ0n) is 19.5. The van der Waals surface area contributed by atoms with Crippen LogP contribution < -0.4 is 15.6 Å². The van der Waals surface area contributed by atoms with Gasteiger partial charge in [-0.05, 0) is 48.5 Å². The van der Waals surface area contributed by atoms with Gasteiger partial charge in [0.05, 0.1) is 15.5 Å². The lowest BCUT2D eigenvalue weighted by molar-refractivity contribution is -0.119. The van der Waals surface area contributed by atoms with Crippen LogP contribution in [-0.4, -0.2) is 45.1 Å². The van der Waals surface area contributed by atoms with Crippen LogP contribution in [0.1, 0.15) is 10.4 Å². The lowest BCUT2D eigenvalue weighted by atomic mass is 10.1. The topological polar surface area (TPSA) is 194 Å². The van der Waals surface area contributed by atoms with Gasteiger partial charge in [-0.2, -0.15) is 5.10 Å². The van der Waals surface area contributed by atoms with E-state index in [1.807, 2.05) is 0 Å². The van der Waals surface area contributed by atoms with Crippen LogP contribution in [-0.2, 0) is 29.6 Å². The number of aromatic nitrogens is 2. The number of nitrogens with two attached hydrogens (primary N) is 2. The second-order valence-corrected chi connectivity index (χ2v) is 11.1. The van der Waals surface area contributed by atoms with Gasteiger partial charge in [-0.3, -0.25) is 4.79 Å². The molecule has 0 saturated carbocycles. The van der Waals surface area contributed by atoms with E-state index in [0.29, 0.717) is 11.3 Å². The molecule has 0 atom stereocenters. The Bertz CT molecular complexity index is 1700. The number of rotatable bonds is 8. The summed E-state index contributed by atoms with van der Waals surface area (Å²) in [7, 11) is -7.76. The van der Waals surface area contributed by atoms with Crippen LogP contribution in [0, 0.1) is 0 Å². The van der Waals surface area contributed by atoms with Crippen molar-refractivity contribution in [1.82, 2.24) is 9.78 Å². The van der Waals surface area contributed by atoms with Gasteiger partial charge < -0.3 is 10.1 Å². The number of hydrogen-bond donors (Lipinski definition) is 3. The number of benzene rings is 3. The number of hydrogen-bond acceptors (Lipinski definition) is 8. The molecule has 0 aliphatic rings. The second kappa shape index (κ2) is 10.5. The Morgan fingerprint density at radius 3 is 1.92 bits per heavy atom. The molecular formula is C24H21N5O7S2. The standard InChI is InChI=1S/C24H21N5O7S2/c25-37(32,33)19-10-6-17(7-11-19)27-22(30)15-36-24(31)21-14-29(28-23(21)16-4-2-1-3-5-16)18-8-12-20(13-9-18)38(26,34)35/h1-14H,15H2,(H,27,30)(H2,25,32,33)(H2,26,34,35). The Hall–Kier alpha value is -4.37. The molecule has 1 amide bonds. The molecule has 0 radical (unpaired) electrons. The molecule has 3 aromatic carbocycles. The molecule has 38 heavy (non-hydrogen) atoms. The van der Waals surface area contributed by atoms with E-state index >= 15 is 0 Å². The minimum atomic E-state index is -3.88. The van der Waals surface area contributed by atoms with Crippen LogP contribution in [0.3, 0.4) is 0 Å². The van der Waals surface area contributed by atoms with Crippen molar-refractivity contribution in [1.29, 1.82) is 0 Å². The lowest BCUT2D eigenvalue weighted by Crippen LogP contribution is -2.21. The molecule has 1 aromatic heterocycles. The summed E-state index contributed by atoms with van der Waals surface area (Å²) in [5.74, 6) is -1.48. The number of esters is 1. The van der Waals surface area contributed by atoms with Gasteiger partial charge in [0.15, 0.2) is 6.61 Å². The highest BCUT2D eigenvalue weighted by atomic mass is 32.2. The van der Waals surface area contributed by atoms with Crippen LogP contribution in [0.2, 0.25) is 0 Å². The van der Waals surface area contributed by atoms with Crippen molar-refractivity contribution in [3.8, 4) is 16.9 Å². The molecule has 0 fully saturated rings. The van der Waals surface area contributed by atoms with Crippen molar-refractivity contribution in [2.45, 2.75) is 9.79 Å². The highest BCUT2D eigenvalue weighted by molar-refractivity contribution is 7.89. The van der Waals surface area contributed by atoms with Crippen molar-refractivity contribution in [3.05, 3.63) is 90.6 Å². The first-order valence-corrected chi connectivity index (χ1v) is 13.9. The van der Waals surface area contributed by atoms with E-state index in [-0.39, 0.29) is 26.7 Å². The maximum Gasteiger partial charge on any atom is 0.342 e. The summed E-state index contributed by atoms with van der Waals surface area (Å²) < 4.78 is 52.4. The monoisotopic (exact) mass is 555 g/mol. The third kappa shape index (κ3) is 6.30. The van der Waals surface area contributed by atoms with Crippen molar-refractivity contribution in [2.24, 2.45) is 10.3 Å². The van der Waals surface area contributed by atoms with Gasteiger partial charge in [0.1, 0.15) is 11.3 Å². The third-order valence-corrected chi connectivity index (χ3v) is 7.07. The lowest BCUT2D eigenvalue weighted by Gasteiger charge is -2.07. The molecule has 12 nitrogen and oxygen atoms in total. The van der Waals surface area contributed by atoms with Gasteiger partial charge in [0, 0.05) is 17.4 Å². The molecule has 0 spiro atoms. The summed E-state index contributed by atoms with van der Waals surface area (Å²) in [6.07, 6.45) is 1.40. The van der Waals surface area contributed by atoms with Crippen LogP contribution >= 0.6 is 0 Å². The van der Waals surface area contributed by atoms with Crippen LogP contribution in [0.25, 0.3) is 16.9 Å². The number of carbonyl (C=O) groups is 2. The minimum absolute atomic E-state index is 0.0667. The fraction of sp³-hybridized carbons (Fsp3) is 0.0417. The Labute approximate surface area is 217 Å². The summed E-state index contributed by atoms with van der Waals surface area (Å²) in [4.78, 5) is 25.1. The van der Waals surface area contributed by atoms with Crippen molar-refractivity contribution < 1.29 is 31.2 Å². The van der Waals surface area contributed by atoms with E-state index in [4.69, 9.17) is 15.0 Å². The Balaban J connectivity index is 1.53. The second-order valence-electron chi connectivity index (χ2n) is 7.93. The van der Waals surface area contributed by atoms with Crippen LogP contribution in [0.4, 0.5) is 5.69 Å². The summed E-state index contributed by atoms with van der Waals surface area (Å²) in [5.41, 5.74) is 1.69. The normalized spacial score (nSPS) is 11.6. The minimum Gasteiger partial charge on any atom is -0.452 e. The summed E-state index contributed by atoms with van der Waals surface area (Å²) in [6, 6.07) is 19.5. The molecule has 5 N–H and O–H groups in total. The summed E-state index contributed by atoms with van der Waals surface area (Å²) in [6.45, 7) is -0.627. The Kier molecular flexibility index (Phi) is 7.41. The number of ether oxygens (including phenoxy) is 1. The fourth-order valence-corrected chi connectivity index (χ4v) is 4.42. The first kappa shape index (κ1) is 26.7. The van der Waals surface area contributed by atoms with E-state index in [1.54, 1.807) is 30.3 Å². The van der Waals surface area contributed by atoms with Gasteiger partial charge in [-0.25, -0.2) is 36.6 Å². The summed E-state index contributed by atoms with van der Waals surface area (Å²) >= 11 is 0. The quantitative estimate of drug-likeness (QED) is 0.273. The summed E-state index contributed by atoms with van der Waals surface area (Å²) in [5, 5.41) is 17.2. The van der Waals surface area contributed by atoms with Crippen molar-refractivity contribution >= 4 is 37.6 Å². The highest BCUT2D eigenvalue weighted by Crippen LogP contribution is 2.25. The molecule has 0 unspecified atom stereocenters. The molecule has 0 bridgehead atoms. The van der Waals surface area contributed by atoms with Gasteiger partial charge in [-0.1, -0.05) is 30.3 Å². The number of nitrogens with one attached hydrogen (secondary N) is 1. The Morgan fingerprint density at radius 1 is 0.816 bits per heavy atom. The number of amides is 1. The van der Waals surface area contributed by atoms with Gasteiger partial charge in [-0.15, -0.1) is 0 Å². The third-order valence-electron chi connectivity index (χ3n) is 5.21. The highest BCUT2D eigenvalue weighted by Gasteiger charge is 2.21. The predicted molar refractivity (Wildman–Crippen MR) is 137 cm³/mol. The molecule has 14 heteroatoms. The first-order valence-electron chi connectivity index (χ1n) is 10.8. The smallest absolute Gasteiger partial charge is 0.342 e. The van der Waals surface area contributed by atoms with Gasteiger partial charge in [0.25, 0.3) is 5.91 Å². The number of nitrogens with zero attached hydrogens (tertiary/aromatic N) is 2. The van der Waals surface area contributed by atoms with E-state index < -0.39 is 38.5 Å². The molecule has 196 valence electrons. The zero-order chi connectivity index (χ0) is 27.5. The number of sulfonamides is 2.